The number of nitrogens with zero attached hydrogens (tertiary/aromatic N) is 2. The molecule has 2 aromatic heterocycles. The second kappa shape index (κ2) is 7.92. The fourth-order valence-corrected chi connectivity index (χ4v) is 5.36. The number of hydrogen-bond acceptors (Lipinski definition) is 6. The highest BCUT2D eigenvalue weighted by Crippen LogP contribution is 2.38. The third-order valence-corrected chi connectivity index (χ3v) is 6.94. The average Bonchev–Trinajstić information content (AvgIpc) is 3.13. The first-order valence-electron chi connectivity index (χ1n) is 9.99. The number of rotatable bonds is 4. The lowest BCUT2D eigenvalue weighted by atomic mass is 9.97. The molecule has 156 valence electrons. The number of carbonyl (C=O) groups is 1. The number of anilines is 1. The molecule has 1 amide bonds. The molecule has 0 spiro atoms. The van der Waals surface area contributed by atoms with Gasteiger partial charge in [0.25, 0.3) is 5.56 Å². The van der Waals surface area contributed by atoms with E-state index < -0.39 is 0 Å². The Hall–Kier alpha value is -2.58. The van der Waals surface area contributed by atoms with Gasteiger partial charge in [-0.3, -0.25) is 14.2 Å². The lowest BCUT2D eigenvalue weighted by Crippen LogP contribution is -2.24. The number of hydrogen-bond donors (Lipinski definition) is 1. The van der Waals surface area contributed by atoms with Crippen molar-refractivity contribution >= 4 is 44.7 Å². The number of fused-ring (bicyclic) bond motifs is 4. The number of carbonyl (C=O) groups excluding carboxylic acids is 1. The van der Waals surface area contributed by atoms with Crippen LogP contribution in [-0.2, 0) is 24.2 Å². The number of amides is 1. The van der Waals surface area contributed by atoms with E-state index in [9.17, 15) is 9.59 Å². The van der Waals surface area contributed by atoms with Crippen molar-refractivity contribution in [3.63, 3.8) is 0 Å². The minimum atomic E-state index is -0.243. The first kappa shape index (κ1) is 19.4. The van der Waals surface area contributed by atoms with Crippen LogP contribution >= 0.6 is 22.9 Å². The number of aryl methyl sites for hydroxylation is 3. The molecule has 0 fully saturated rings. The van der Waals surface area contributed by atoms with Gasteiger partial charge in [0.05, 0.1) is 22.4 Å². The highest BCUT2D eigenvalue weighted by atomic mass is 35.5. The van der Waals surface area contributed by atoms with Crippen LogP contribution in [0.15, 0.2) is 23.3 Å². The molecule has 2 aliphatic rings. The summed E-state index contributed by atoms with van der Waals surface area (Å²) in [5, 5.41) is 3.89. The number of aromatic nitrogens is 2. The first-order valence-corrected chi connectivity index (χ1v) is 11.2. The second-order valence-electron chi connectivity index (χ2n) is 7.41. The Labute approximate surface area is 181 Å². The molecule has 30 heavy (non-hydrogen) atoms. The van der Waals surface area contributed by atoms with Crippen LogP contribution in [0.5, 0.6) is 11.5 Å². The monoisotopic (exact) mass is 445 g/mol. The van der Waals surface area contributed by atoms with Crippen molar-refractivity contribution in [2.75, 3.05) is 18.5 Å². The molecule has 0 unspecified atom stereocenters. The predicted octanol–water partition coefficient (Wildman–Crippen LogP) is 3.79. The zero-order valence-electron chi connectivity index (χ0n) is 16.2. The summed E-state index contributed by atoms with van der Waals surface area (Å²) >= 11 is 7.87. The normalized spacial score (nSPS) is 15.1. The number of ether oxygens (including phenoxy) is 2. The van der Waals surface area contributed by atoms with E-state index in [4.69, 9.17) is 21.1 Å². The van der Waals surface area contributed by atoms with Crippen molar-refractivity contribution in [1.82, 2.24) is 9.55 Å². The van der Waals surface area contributed by atoms with Crippen molar-refractivity contribution in [3.8, 4) is 11.5 Å². The zero-order valence-corrected chi connectivity index (χ0v) is 17.8. The molecule has 3 aromatic rings. The molecule has 0 bridgehead atoms. The van der Waals surface area contributed by atoms with Crippen molar-refractivity contribution in [3.05, 3.63) is 44.3 Å². The minimum Gasteiger partial charge on any atom is -0.486 e. The molecule has 1 aromatic carbocycles. The van der Waals surface area contributed by atoms with E-state index in [1.165, 1.54) is 15.8 Å². The summed E-state index contributed by atoms with van der Waals surface area (Å²) in [6, 6.07) is 3.29. The summed E-state index contributed by atoms with van der Waals surface area (Å²) in [5.41, 5.74) is 1.55. The summed E-state index contributed by atoms with van der Waals surface area (Å²) in [6.45, 7) is 1.17. The first-order chi connectivity index (χ1) is 14.6. The largest absolute Gasteiger partial charge is 0.486 e. The summed E-state index contributed by atoms with van der Waals surface area (Å²) in [5.74, 6) is 0.872. The maximum Gasteiger partial charge on any atom is 0.262 e. The van der Waals surface area contributed by atoms with Crippen molar-refractivity contribution in [1.29, 1.82) is 0 Å². The summed E-state index contributed by atoms with van der Waals surface area (Å²) < 4.78 is 12.5. The molecule has 0 saturated heterocycles. The van der Waals surface area contributed by atoms with Gasteiger partial charge in [-0.2, -0.15) is 0 Å². The molecule has 9 heteroatoms. The molecule has 0 radical (unpaired) electrons. The van der Waals surface area contributed by atoms with Gasteiger partial charge in [-0.15, -0.1) is 11.3 Å². The molecule has 0 atom stereocenters. The molecular formula is C21H20ClN3O4S. The van der Waals surface area contributed by atoms with Crippen molar-refractivity contribution in [2.45, 2.75) is 38.6 Å². The van der Waals surface area contributed by atoms with Crippen LogP contribution in [0.25, 0.3) is 10.2 Å². The van der Waals surface area contributed by atoms with Crippen LogP contribution in [0.4, 0.5) is 5.69 Å². The standard InChI is InChI=1S/C21H20ClN3O4S/c22-13-9-15-16(29-8-7-28-15)10-14(13)24-18(26)5-6-25-11-23-20-19(21(25)27)12-3-1-2-4-17(12)30-20/h9-11H,1-8H2,(H,24,26). The molecule has 1 N–H and O–H groups in total. The number of halogens is 1. The molecule has 7 nitrogen and oxygen atoms in total. The lowest BCUT2D eigenvalue weighted by molar-refractivity contribution is -0.116. The fraction of sp³-hybridized carbons (Fsp3) is 0.381. The highest BCUT2D eigenvalue weighted by molar-refractivity contribution is 7.18. The van der Waals surface area contributed by atoms with Gasteiger partial charge in [0.1, 0.15) is 18.0 Å². The van der Waals surface area contributed by atoms with Crippen LogP contribution in [0, 0.1) is 0 Å². The van der Waals surface area contributed by atoms with Gasteiger partial charge in [-0.1, -0.05) is 11.6 Å². The quantitative estimate of drug-likeness (QED) is 0.660. The number of nitrogens with one attached hydrogen (secondary N) is 1. The zero-order chi connectivity index (χ0) is 20.7. The van der Waals surface area contributed by atoms with Gasteiger partial charge in [-0.05, 0) is 31.2 Å². The van der Waals surface area contributed by atoms with Gasteiger partial charge in [0, 0.05) is 30.0 Å². The summed E-state index contributed by atoms with van der Waals surface area (Å²) in [6.07, 6.45) is 5.89. The van der Waals surface area contributed by atoms with E-state index in [1.54, 1.807) is 23.5 Å². The van der Waals surface area contributed by atoms with Gasteiger partial charge in [-0.25, -0.2) is 4.98 Å². The third-order valence-electron chi connectivity index (χ3n) is 5.43. The Morgan fingerprint density at radius 3 is 2.80 bits per heavy atom. The van der Waals surface area contributed by atoms with Gasteiger partial charge in [0.15, 0.2) is 11.5 Å². The number of thiophene rings is 1. The van der Waals surface area contributed by atoms with Crippen LogP contribution in [0.1, 0.15) is 29.7 Å². The van der Waals surface area contributed by atoms with Crippen LogP contribution < -0.4 is 20.3 Å². The summed E-state index contributed by atoms with van der Waals surface area (Å²) in [4.78, 5) is 32.0. The summed E-state index contributed by atoms with van der Waals surface area (Å²) in [7, 11) is 0. The van der Waals surface area contributed by atoms with E-state index in [0.29, 0.717) is 35.4 Å². The van der Waals surface area contributed by atoms with Crippen molar-refractivity contribution < 1.29 is 14.3 Å². The highest BCUT2D eigenvalue weighted by Gasteiger charge is 2.20. The molecule has 1 aliphatic heterocycles. The predicted molar refractivity (Wildman–Crippen MR) is 116 cm³/mol. The molecule has 1 aliphatic carbocycles. The molecule has 3 heterocycles. The Balaban J connectivity index is 1.32. The van der Waals surface area contributed by atoms with E-state index in [2.05, 4.69) is 10.3 Å². The van der Waals surface area contributed by atoms with E-state index in [0.717, 1.165) is 41.5 Å². The second-order valence-corrected chi connectivity index (χ2v) is 8.90. The van der Waals surface area contributed by atoms with E-state index in [-0.39, 0.29) is 24.4 Å². The third kappa shape index (κ3) is 3.54. The van der Waals surface area contributed by atoms with Crippen molar-refractivity contribution in [2.24, 2.45) is 0 Å². The van der Waals surface area contributed by atoms with Gasteiger partial charge >= 0.3 is 0 Å². The average molecular weight is 446 g/mol. The van der Waals surface area contributed by atoms with Gasteiger partial charge < -0.3 is 14.8 Å². The van der Waals surface area contributed by atoms with E-state index >= 15 is 0 Å². The Morgan fingerprint density at radius 1 is 1.20 bits per heavy atom. The maximum absolute atomic E-state index is 13.0. The Bertz CT molecular complexity index is 1200. The van der Waals surface area contributed by atoms with Crippen LogP contribution in [0.3, 0.4) is 0 Å². The molecule has 5 rings (SSSR count). The topological polar surface area (TPSA) is 82.5 Å². The Morgan fingerprint density at radius 2 is 1.97 bits per heavy atom. The lowest BCUT2D eigenvalue weighted by Gasteiger charge is -2.20. The smallest absolute Gasteiger partial charge is 0.262 e. The van der Waals surface area contributed by atoms with Gasteiger partial charge in [0.2, 0.25) is 5.91 Å². The maximum atomic E-state index is 13.0. The fourth-order valence-electron chi connectivity index (χ4n) is 3.93. The molecule has 0 saturated carbocycles. The Kier molecular flexibility index (Phi) is 5.12. The molecular weight excluding hydrogens is 426 g/mol. The van der Waals surface area contributed by atoms with Crippen LogP contribution in [-0.4, -0.2) is 28.7 Å². The minimum absolute atomic E-state index is 0.0652. The SMILES string of the molecule is O=C(CCn1cnc2sc3c(c2c1=O)CCCC3)Nc1cc2c(cc1Cl)OCCO2. The van der Waals surface area contributed by atoms with Crippen LogP contribution in [0.2, 0.25) is 5.02 Å². The number of benzene rings is 1. The van der Waals surface area contributed by atoms with E-state index in [1.807, 2.05) is 0 Å².